The summed E-state index contributed by atoms with van der Waals surface area (Å²) in [6, 6.07) is 8.17. The summed E-state index contributed by atoms with van der Waals surface area (Å²) in [5.41, 5.74) is -1.14. The van der Waals surface area contributed by atoms with E-state index in [1.54, 1.807) is 18.2 Å². The van der Waals surface area contributed by atoms with E-state index in [1.165, 1.54) is 41.1 Å². The number of furan rings is 1. The van der Waals surface area contributed by atoms with Crippen molar-refractivity contribution in [2.45, 2.75) is 25.6 Å². The van der Waals surface area contributed by atoms with Gasteiger partial charge in [0.1, 0.15) is 5.76 Å². The third-order valence-corrected chi connectivity index (χ3v) is 5.29. The molecule has 1 aromatic heterocycles. The Morgan fingerprint density at radius 3 is 2.74 bits per heavy atom. The predicted molar refractivity (Wildman–Crippen MR) is 99.7 cm³/mol. The number of nitrogens with zero attached hydrogens (tertiary/aromatic N) is 2. The fourth-order valence-electron chi connectivity index (χ4n) is 2.58. The Morgan fingerprint density at radius 1 is 1.30 bits per heavy atom. The Balaban J connectivity index is 1.90. The number of carbonyl (C=O) groups is 1. The van der Waals surface area contributed by atoms with E-state index in [9.17, 15) is 18.0 Å². The van der Waals surface area contributed by atoms with Gasteiger partial charge >= 0.3 is 6.18 Å². The van der Waals surface area contributed by atoms with Crippen molar-refractivity contribution in [2.75, 3.05) is 5.75 Å². The molecule has 0 radical (unpaired) electrons. The van der Waals surface area contributed by atoms with Crippen LogP contribution in [0.25, 0.3) is 6.08 Å². The topological polar surface area (TPSA) is 45.8 Å². The molecule has 27 heavy (non-hydrogen) atoms. The van der Waals surface area contributed by atoms with Crippen molar-refractivity contribution in [1.82, 2.24) is 4.90 Å². The molecule has 0 N–H and O–H groups in total. The summed E-state index contributed by atoms with van der Waals surface area (Å²) in [5.74, 6) is 0.807. The second-order valence-corrected chi connectivity index (χ2v) is 7.51. The second-order valence-electron chi connectivity index (χ2n) is 6.57. The minimum Gasteiger partial charge on any atom is -0.465 e. The first-order valence-electron chi connectivity index (χ1n) is 8.11. The summed E-state index contributed by atoms with van der Waals surface area (Å²) in [4.78, 5) is 18.5. The number of amidine groups is 1. The molecule has 0 atom stereocenters. The summed E-state index contributed by atoms with van der Waals surface area (Å²) in [7, 11) is 0. The van der Waals surface area contributed by atoms with Gasteiger partial charge in [-0.05, 0) is 50.3 Å². The fourth-order valence-corrected chi connectivity index (χ4v) is 3.83. The average molecular weight is 394 g/mol. The maximum absolute atomic E-state index is 12.9. The van der Waals surface area contributed by atoms with Crippen molar-refractivity contribution in [3.05, 3.63) is 60.1 Å². The van der Waals surface area contributed by atoms with Gasteiger partial charge in [-0.25, -0.2) is 4.99 Å². The van der Waals surface area contributed by atoms with E-state index in [-0.39, 0.29) is 11.6 Å². The van der Waals surface area contributed by atoms with E-state index in [1.807, 2.05) is 13.8 Å². The largest absolute Gasteiger partial charge is 0.465 e. The monoisotopic (exact) mass is 394 g/mol. The van der Waals surface area contributed by atoms with Crippen LogP contribution in [0.2, 0.25) is 0 Å². The maximum atomic E-state index is 12.9. The van der Waals surface area contributed by atoms with Crippen LogP contribution >= 0.6 is 11.8 Å². The molecule has 1 aliphatic rings. The predicted octanol–water partition coefficient (Wildman–Crippen LogP) is 5.35. The molecule has 1 aliphatic heterocycles. The Kier molecular flexibility index (Phi) is 5.19. The van der Waals surface area contributed by atoms with Gasteiger partial charge < -0.3 is 4.42 Å². The van der Waals surface area contributed by atoms with Gasteiger partial charge in [-0.1, -0.05) is 17.8 Å². The lowest BCUT2D eigenvalue weighted by atomic mass is 10.1. The third kappa shape index (κ3) is 4.44. The van der Waals surface area contributed by atoms with E-state index >= 15 is 0 Å². The third-order valence-electron chi connectivity index (χ3n) is 3.90. The minimum absolute atomic E-state index is 0.151. The van der Waals surface area contributed by atoms with Gasteiger partial charge in [0, 0.05) is 11.8 Å². The number of rotatable bonds is 3. The SMILES string of the molecule is CC1(C)CSC(=Nc2cccc(C(F)(F)F)c2)N1C(=O)/C=C/c1ccco1. The normalized spacial score (nSPS) is 18.6. The first kappa shape index (κ1) is 19.3. The number of hydrogen-bond acceptors (Lipinski definition) is 4. The molecule has 4 nitrogen and oxygen atoms in total. The van der Waals surface area contributed by atoms with Gasteiger partial charge in [-0.3, -0.25) is 9.69 Å². The highest BCUT2D eigenvalue weighted by Gasteiger charge is 2.40. The Hall–Kier alpha value is -2.48. The Bertz CT molecular complexity index is 887. The zero-order valence-electron chi connectivity index (χ0n) is 14.7. The van der Waals surface area contributed by atoms with Gasteiger partial charge in [-0.15, -0.1) is 0 Å². The zero-order chi connectivity index (χ0) is 19.7. The summed E-state index contributed by atoms with van der Waals surface area (Å²) in [6.45, 7) is 3.76. The molecule has 142 valence electrons. The minimum atomic E-state index is -4.44. The Morgan fingerprint density at radius 2 is 2.07 bits per heavy atom. The molecule has 0 unspecified atom stereocenters. The highest BCUT2D eigenvalue weighted by molar-refractivity contribution is 8.14. The van der Waals surface area contributed by atoms with E-state index in [0.29, 0.717) is 16.7 Å². The van der Waals surface area contributed by atoms with Crippen molar-refractivity contribution in [1.29, 1.82) is 0 Å². The molecule has 1 fully saturated rings. The first-order chi connectivity index (χ1) is 12.7. The number of thioether (sulfide) groups is 1. The van der Waals surface area contributed by atoms with Crippen LogP contribution in [0.3, 0.4) is 0 Å². The van der Waals surface area contributed by atoms with Crippen LogP contribution in [0.4, 0.5) is 18.9 Å². The van der Waals surface area contributed by atoms with Gasteiger partial charge in [0.05, 0.1) is 23.1 Å². The van der Waals surface area contributed by atoms with Crippen LogP contribution in [0.15, 0.2) is 58.1 Å². The molecule has 1 aromatic carbocycles. The number of carbonyl (C=O) groups excluding carboxylic acids is 1. The van der Waals surface area contributed by atoms with Gasteiger partial charge in [0.15, 0.2) is 5.17 Å². The summed E-state index contributed by atoms with van der Waals surface area (Å²) >= 11 is 1.33. The number of benzene rings is 1. The van der Waals surface area contributed by atoms with E-state index in [0.717, 1.165) is 12.1 Å². The fraction of sp³-hybridized carbons (Fsp3) is 0.263. The highest BCUT2D eigenvalue weighted by Crippen LogP contribution is 2.36. The molecule has 0 bridgehead atoms. The van der Waals surface area contributed by atoms with Crippen LogP contribution < -0.4 is 0 Å². The van der Waals surface area contributed by atoms with Crippen LogP contribution in [-0.4, -0.2) is 27.3 Å². The lowest BCUT2D eigenvalue weighted by Gasteiger charge is -2.29. The van der Waals surface area contributed by atoms with Crippen LogP contribution in [0.1, 0.15) is 25.2 Å². The lowest BCUT2D eigenvalue weighted by Crippen LogP contribution is -2.45. The van der Waals surface area contributed by atoms with Crippen molar-refractivity contribution >= 4 is 34.6 Å². The smallest absolute Gasteiger partial charge is 0.416 e. The van der Waals surface area contributed by atoms with Crippen LogP contribution in [0, 0.1) is 0 Å². The molecule has 3 rings (SSSR count). The number of halogens is 3. The van der Waals surface area contributed by atoms with Gasteiger partial charge in [0.25, 0.3) is 5.91 Å². The van der Waals surface area contributed by atoms with Crippen LogP contribution in [0.5, 0.6) is 0 Å². The molecule has 2 heterocycles. The Labute approximate surface area is 158 Å². The first-order valence-corrected chi connectivity index (χ1v) is 9.10. The van der Waals surface area contributed by atoms with Crippen LogP contribution in [-0.2, 0) is 11.0 Å². The van der Waals surface area contributed by atoms with Gasteiger partial charge in [0.2, 0.25) is 0 Å². The van der Waals surface area contributed by atoms with Crippen molar-refractivity contribution in [3.8, 4) is 0 Å². The maximum Gasteiger partial charge on any atom is 0.416 e. The molecule has 0 aliphatic carbocycles. The average Bonchev–Trinajstić information content (AvgIpc) is 3.20. The lowest BCUT2D eigenvalue weighted by molar-refractivity contribution is -0.137. The van der Waals surface area contributed by atoms with E-state index in [2.05, 4.69) is 4.99 Å². The zero-order valence-corrected chi connectivity index (χ0v) is 15.5. The second kappa shape index (κ2) is 7.26. The van der Waals surface area contributed by atoms with Gasteiger partial charge in [-0.2, -0.15) is 13.2 Å². The quantitative estimate of drug-likeness (QED) is 0.659. The number of hydrogen-bond donors (Lipinski definition) is 0. The summed E-state index contributed by atoms with van der Waals surface area (Å²) in [6.07, 6.45) is -0.0305. The van der Waals surface area contributed by atoms with E-state index in [4.69, 9.17) is 4.42 Å². The van der Waals surface area contributed by atoms with Crippen molar-refractivity contribution in [3.63, 3.8) is 0 Å². The molecule has 0 saturated carbocycles. The molecule has 2 aromatic rings. The molecule has 0 spiro atoms. The standard InChI is InChI=1S/C19H17F3N2O2S/c1-18(2)12-27-17(23-14-6-3-5-13(11-14)19(20,21)22)24(18)16(25)9-8-15-7-4-10-26-15/h3-11H,12H2,1-2H3/b9-8+,23-17?. The number of aliphatic imine (C=N–C) groups is 1. The molecular formula is C19H17F3N2O2S. The molecule has 8 heteroatoms. The summed E-state index contributed by atoms with van der Waals surface area (Å²) < 4.78 is 43.9. The molecule has 1 saturated heterocycles. The highest BCUT2D eigenvalue weighted by atomic mass is 32.2. The van der Waals surface area contributed by atoms with Crippen molar-refractivity contribution < 1.29 is 22.4 Å². The number of alkyl halides is 3. The number of amides is 1. The van der Waals surface area contributed by atoms with Crippen molar-refractivity contribution in [2.24, 2.45) is 4.99 Å². The summed E-state index contributed by atoms with van der Waals surface area (Å²) in [5, 5.41) is 0.369. The van der Waals surface area contributed by atoms with E-state index < -0.39 is 17.3 Å². The molecular weight excluding hydrogens is 377 g/mol. The molecule has 1 amide bonds.